The first kappa shape index (κ1) is 17.0. The second-order valence-electron chi connectivity index (χ2n) is 5.88. The summed E-state index contributed by atoms with van der Waals surface area (Å²) in [6.07, 6.45) is 14.1. The molecular formula is C16H35N. The largest absolute Gasteiger partial charge is 0.317 e. The maximum Gasteiger partial charge on any atom is 0.00664 e. The Morgan fingerprint density at radius 3 is 1.82 bits per heavy atom. The summed E-state index contributed by atoms with van der Waals surface area (Å²) in [5.41, 5.74) is 0. The van der Waals surface area contributed by atoms with Gasteiger partial charge in [0.25, 0.3) is 0 Å². The van der Waals surface area contributed by atoms with Crippen molar-refractivity contribution in [2.45, 2.75) is 91.0 Å². The van der Waals surface area contributed by atoms with Gasteiger partial charge in [-0.1, -0.05) is 72.1 Å². The van der Waals surface area contributed by atoms with Crippen molar-refractivity contribution >= 4 is 0 Å². The lowest BCUT2D eigenvalue weighted by Crippen LogP contribution is -2.26. The molecule has 0 rings (SSSR count). The lowest BCUT2D eigenvalue weighted by Gasteiger charge is -2.18. The summed E-state index contributed by atoms with van der Waals surface area (Å²) in [6.45, 7) is 6.92. The topological polar surface area (TPSA) is 12.0 Å². The van der Waals surface area contributed by atoms with Crippen LogP contribution in [0.4, 0.5) is 0 Å². The second-order valence-corrected chi connectivity index (χ2v) is 5.88. The summed E-state index contributed by atoms with van der Waals surface area (Å²) in [4.78, 5) is 0. The van der Waals surface area contributed by atoms with E-state index < -0.39 is 0 Å². The lowest BCUT2D eigenvalue weighted by atomic mass is 9.98. The van der Waals surface area contributed by atoms with Gasteiger partial charge in [-0.3, -0.25) is 0 Å². The molecule has 0 saturated heterocycles. The Labute approximate surface area is 110 Å². The van der Waals surface area contributed by atoms with Crippen molar-refractivity contribution in [2.24, 2.45) is 5.92 Å². The highest BCUT2D eigenvalue weighted by atomic mass is 14.9. The molecule has 17 heavy (non-hydrogen) atoms. The van der Waals surface area contributed by atoms with Crippen LogP contribution in [-0.2, 0) is 0 Å². The van der Waals surface area contributed by atoms with Crippen LogP contribution in [0, 0.1) is 5.92 Å². The zero-order chi connectivity index (χ0) is 12.9. The molecule has 0 aliphatic heterocycles. The van der Waals surface area contributed by atoms with Gasteiger partial charge >= 0.3 is 0 Å². The number of rotatable bonds is 12. The van der Waals surface area contributed by atoms with Crippen LogP contribution in [0.3, 0.4) is 0 Å². The van der Waals surface area contributed by atoms with Gasteiger partial charge in [0, 0.05) is 6.04 Å². The fourth-order valence-corrected chi connectivity index (χ4v) is 2.47. The van der Waals surface area contributed by atoms with E-state index in [1.807, 2.05) is 0 Å². The van der Waals surface area contributed by atoms with Crippen LogP contribution in [0.25, 0.3) is 0 Å². The number of hydrogen-bond acceptors (Lipinski definition) is 1. The van der Waals surface area contributed by atoms with Gasteiger partial charge in [0.05, 0.1) is 0 Å². The Hall–Kier alpha value is -0.0400. The first-order valence-corrected chi connectivity index (χ1v) is 7.88. The Balaban J connectivity index is 3.25. The molecule has 1 unspecified atom stereocenters. The predicted octanol–water partition coefficient (Wildman–Crippen LogP) is 5.15. The van der Waals surface area contributed by atoms with Crippen molar-refractivity contribution in [3.63, 3.8) is 0 Å². The van der Waals surface area contributed by atoms with Gasteiger partial charge in [-0.2, -0.15) is 0 Å². The van der Waals surface area contributed by atoms with Crippen LogP contribution in [0.1, 0.15) is 85.0 Å². The van der Waals surface area contributed by atoms with Gasteiger partial charge < -0.3 is 5.32 Å². The molecule has 104 valence electrons. The zero-order valence-electron chi connectivity index (χ0n) is 12.7. The number of nitrogens with one attached hydrogen (secondary N) is 1. The van der Waals surface area contributed by atoms with Crippen molar-refractivity contribution < 1.29 is 0 Å². The van der Waals surface area contributed by atoms with Crippen molar-refractivity contribution in [3.8, 4) is 0 Å². The first-order valence-electron chi connectivity index (χ1n) is 7.88. The van der Waals surface area contributed by atoms with Crippen molar-refractivity contribution in [1.82, 2.24) is 5.32 Å². The van der Waals surface area contributed by atoms with E-state index in [0.717, 1.165) is 12.0 Å². The molecule has 0 aromatic carbocycles. The van der Waals surface area contributed by atoms with Crippen molar-refractivity contribution in [2.75, 3.05) is 7.05 Å². The average Bonchev–Trinajstić information content (AvgIpc) is 2.30. The molecule has 0 saturated carbocycles. The molecule has 1 heteroatoms. The minimum atomic E-state index is 0.745. The van der Waals surface area contributed by atoms with Gasteiger partial charge in [0.15, 0.2) is 0 Å². The normalized spacial score (nSPS) is 13.2. The molecule has 0 spiro atoms. The molecule has 0 aliphatic rings. The molecule has 0 heterocycles. The predicted molar refractivity (Wildman–Crippen MR) is 79.5 cm³/mol. The molecule has 0 bridgehead atoms. The Morgan fingerprint density at radius 1 is 0.824 bits per heavy atom. The fourth-order valence-electron chi connectivity index (χ4n) is 2.47. The average molecular weight is 241 g/mol. The molecule has 0 radical (unpaired) electrons. The quantitative estimate of drug-likeness (QED) is 0.466. The molecule has 0 amide bonds. The van der Waals surface area contributed by atoms with Crippen LogP contribution < -0.4 is 5.32 Å². The Kier molecular flexibility index (Phi) is 12.4. The second kappa shape index (κ2) is 12.4. The number of hydrogen-bond donors (Lipinski definition) is 1. The fraction of sp³-hybridized carbons (Fsp3) is 1.00. The molecule has 1 nitrogen and oxygen atoms in total. The molecule has 1 atom stereocenters. The van der Waals surface area contributed by atoms with E-state index in [4.69, 9.17) is 0 Å². The third-order valence-electron chi connectivity index (χ3n) is 3.57. The van der Waals surface area contributed by atoms with Gasteiger partial charge in [-0.05, 0) is 25.8 Å². The van der Waals surface area contributed by atoms with Crippen molar-refractivity contribution in [1.29, 1.82) is 0 Å². The van der Waals surface area contributed by atoms with Crippen LogP contribution in [0.5, 0.6) is 0 Å². The van der Waals surface area contributed by atoms with Crippen LogP contribution in [0.15, 0.2) is 0 Å². The first-order chi connectivity index (χ1) is 8.20. The van der Waals surface area contributed by atoms with Crippen LogP contribution >= 0.6 is 0 Å². The third-order valence-corrected chi connectivity index (χ3v) is 3.57. The third kappa shape index (κ3) is 12.2. The monoisotopic (exact) mass is 241 g/mol. The molecule has 1 N–H and O–H groups in total. The lowest BCUT2D eigenvalue weighted by molar-refractivity contribution is 0.405. The van der Waals surface area contributed by atoms with E-state index in [2.05, 4.69) is 33.1 Å². The van der Waals surface area contributed by atoms with Gasteiger partial charge in [-0.25, -0.2) is 0 Å². The van der Waals surface area contributed by atoms with E-state index in [-0.39, 0.29) is 0 Å². The minimum Gasteiger partial charge on any atom is -0.317 e. The summed E-state index contributed by atoms with van der Waals surface area (Å²) in [5, 5.41) is 3.45. The van der Waals surface area contributed by atoms with Crippen LogP contribution in [-0.4, -0.2) is 13.1 Å². The van der Waals surface area contributed by atoms with Gasteiger partial charge in [0.2, 0.25) is 0 Å². The molecule has 0 aromatic heterocycles. The standard InChI is InChI=1S/C16H35N/c1-5-6-7-8-9-10-11-12-13-16(17-4)14-15(2)3/h15-17H,5-14H2,1-4H3. The van der Waals surface area contributed by atoms with E-state index in [1.54, 1.807) is 0 Å². The van der Waals surface area contributed by atoms with Gasteiger partial charge in [0.1, 0.15) is 0 Å². The summed E-state index contributed by atoms with van der Waals surface area (Å²) < 4.78 is 0. The highest BCUT2D eigenvalue weighted by Gasteiger charge is 2.07. The Bertz CT molecular complexity index is 142. The smallest absolute Gasteiger partial charge is 0.00664 e. The minimum absolute atomic E-state index is 0.745. The van der Waals surface area contributed by atoms with E-state index in [9.17, 15) is 0 Å². The number of unbranched alkanes of at least 4 members (excludes halogenated alkanes) is 7. The molecule has 0 aliphatic carbocycles. The van der Waals surface area contributed by atoms with E-state index in [0.29, 0.717) is 0 Å². The maximum absolute atomic E-state index is 3.45. The van der Waals surface area contributed by atoms with E-state index in [1.165, 1.54) is 64.2 Å². The van der Waals surface area contributed by atoms with Crippen LogP contribution in [0.2, 0.25) is 0 Å². The summed E-state index contributed by atoms with van der Waals surface area (Å²) in [7, 11) is 2.11. The molecule has 0 fully saturated rings. The highest BCUT2D eigenvalue weighted by molar-refractivity contribution is 4.66. The SMILES string of the molecule is CCCCCCCCCCC(CC(C)C)NC. The maximum atomic E-state index is 3.45. The summed E-state index contributed by atoms with van der Waals surface area (Å²) in [6, 6.07) is 0.745. The summed E-state index contributed by atoms with van der Waals surface area (Å²) in [5.74, 6) is 0.821. The Morgan fingerprint density at radius 2 is 1.35 bits per heavy atom. The molecule has 0 aromatic rings. The summed E-state index contributed by atoms with van der Waals surface area (Å²) >= 11 is 0. The zero-order valence-corrected chi connectivity index (χ0v) is 12.7. The van der Waals surface area contributed by atoms with Crippen molar-refractivity contribution in [3.05, 3.63) is 0 Å². The van der Waals surface area contributed by atoms with Gasteiger partial charge in [-0.15, -0.1) is 0 Å². The highest BCUT2D eigenvalue weighted by Crippen LogP contribution is 2.14. The molecular weight excluding hydrogens is 206 g/mol. The van der Waals surface area contributed by atoms with E-state index >= 15 is 0 Å².